The van der Waals surface area contributed by atoms with Crippen LogP contribution in [0.1, 0.15) is 0 Å². The van der Waals surface area contributed by atoms with Gasteiger partial charge in [-0.2, -0.15) is 0 Å². The molecule has 1 N–H and O–H groups in total. The summed E-state index contributed by atoms with van der Waals surface area (Å²) in [7, 11) is 0. The van der Waals surface area contributed by atoms with Gasteiger partial charge in [0, 0.05) is 0 Å². The summed E-state index contributed by atoms with van der Waals surface area (Å²) in [6.45, 7) is 0. The largest absolute Gasteiger partial charge is 0.345 e. The van der Waals surface area contributed by atoms with Gasteiger partial charge < -0.3 is 4.98 Å². The minimum Gasteiger partial charge on any atom is -0.345 e. The molecule has 2 rings (SSSR count). The van der Waals surface area contributed by atoms with E-state index in [9.17, 15) is 0 Å². The highest BCUT2D eigenvalue weighted by molar-refractivity contribution is 9.10. The summed E-state index contributed by atoms with van der Waals surface area (Å²) in [6.07, 6.45) is 1.44. The number of nitrogens with zero attached hydrogens (tertiary/aromatic N) is 2. The molecule has 0 fully saturated rings. The fourth-order valence-electron chi connectivity index (χ4n) is 0.877. The van der Waals surface area contributed by atoms with Crippen LogP contribution in [0, 0.1) is 0 Å². The summed E-state index contributed by atoms with van der Waals surface area (Å²) in [6, 6.07) is 1.85. The summed E-state index contributed by atoms with van der Waals surface area (Å²) in [5.41, 5.74) is 1.58. The van der Waals surface area contributed by atoms with E-state index in [-0.39, 0.29) is 0 Å². The van der Waals surface area contributed by atoms with Gasteiger partial charge in [0.15, 0.2) is 5.15 Å². The van der Waals surface area contributed by atoms with Gasteiger partial charge in [-0.05, 0) is 22.0 Å². The summed E-state index contributed by atoms with van der Waals surface area (Å²) in [4.78, 5) is 10.8. The Morgan fingerprint density at radius 1 is 1.45 bits per heavy atom. The number of H-pyrrole nitrogens is 1. The topological polar surface area (TPSA) is 41.6 Å². The van der Waals surface area contributed by atoms with Crippen molar-refractivity contribution in [2.24, 2.45) is 0 Å². The smallest absolute Gasteiger partial charge is 0.156 e. The highest BCUT2D eigenvalue weighted by Crippen LogP contribution is 2.21. The van der Waals surface area contributed by atoms with Gasteiger partial charge >= 0.3 is 0 Å². The standard InChI is InChI=1S/C6H3BrClN3/c7-4-1-3-5(11-4)6(8)10-2-9-3/h1-2,11H. The molecule has 0 aromatic carbocycles. The zero-order valence-electron chi connectivity index (χ0n) is 5.31. The molecule has 2 aromatic heterocycles. The van der Waals surface area contributed by atoms with Gasteiger partial charge in [0.1, 0.15) is 11.8 Å². The first-order valence-corrected chi connectivity index (χ1v) is 4.09. The Labute approximate surface area is 75.9 Å². The normalized spacial score (nSPS) is 10.7. The van der Waals surface area contributed by atoms with Crippen molar-refractivity contribution in [1.29, 1.82) is 0 Å². The van der Waals surface area contributed by atoms with E-state index in [1.165, 1.54) is 6.33 Å². The molecule has 56 valence electrons. The van der Waals surface area contributed by atoms with E-state index in [4.69, 9.17) is 11.6 Å². The van der Waals surface area contributed by atoms with Crippen LogP contribution in [0.15, 0.2) is 17.0 Å². The van der Waals surface area contributed by atoms with Gasteiger partial charge in [-0.25, -0.2) is 9.97 Å². The number of hydrogen-bond acceptors (Lipinski definition) is 2. The Morgan fingerprint density at radius 3 is 3.00 bits per heavy atom. The quantitative estimate of drug-likeness (QED) is 0.709. The van der Waals surface area contributed by atoms with Crippen LogP contribution in [-0.4, -0.2) is 15.0 Å². The average Bonchev–Trinajstić information content (AvgIpc) is 2.31. The first-order valence-electron chi connectivity index (χ1n) is 2.92. The summed E-state index contributed by atoms with van der Waals surface area (Å²) < 4.78 is 0.856. The van der Waals surface area contributed by atoms with Crippen molar-refractivity contribution in [3.8, 4) is 0 Å². The fourth-order valence-corrected chi connectivity index (χ4v) is 1.48. The highest BCUT2D eigenvalue weighted by Gasteiger charge is 2.02. The van der Waals surface area contributed by atoms with Gasteiger partial charge in [-0.3, -0.25) is 0 Å². The van der Waals surface area contributed by atoms with E-state index in [1.807, 2.05) is 6.07 Å². The molecule has 0 radical (unpaired) electrons. The zero-order chi connectivity index (χ0) is 7.84. The van der Waals surface area contributed by atoms with Crippen LogP contribution < -0.4 is 0 Å². The van der Waals surface area contributed by atoms with Crippen LogP contribution in [0.4, 0.5) is 0 Å². The van der Waals surface area contributed by atoms with Gasteiger partial charge in [0.05, 0.1) is 10.1 Å². The van der Waals surface area contributed by atoms with E-state index in [2.05, 4.69) is 30.9 Å². The van der Waals surface area contributed by atoms with Crippen molar-refractivity contribution in [2.45, 2.75) is 0 Å². The Kier molecular flexibility index (Phi) is 1.58. The second-order valence-corrected chi connectivity index (χ2v) is 3.25. The van der Waals surface area contributed by atoms with Crippen LogP contribution in [-0.2, 0) is 0 Å². The van der Waals surface area contributed by atoms with Crippen LogP contribution in [0.5, 0.6) is 0 Å². The minimum atomic E-state index is 0.445. The van der Waals surface area contributed by atoms with E-state index >= 15 is 0 Å². The second kappa shape index (κ2) is 2.46. The number of aromatic amines is 1. The Hall–Kier alpha value is -0.610. The summed E-state index contributed by atoms with van der Waals surface area (Å²) >= 11 is 9.04. The highest BCUT2D eigenvalue weighted by atomic mass is 79.9. The third kappa shape index (κ3) is 1.12. The van der Waals surface area contributed by atoms with Crippen molar-refractivity contribution in [3.05, 3.63) is 22.1 Å². The molecular weight excluding hydrogens is 229 g/mol. The van der Waals surface area contributed by atoms with Crippen LogP contribution in [0.2, 0.25) is 5.15 Å². The van der Waals surface area contributed by atoms with E-state index in [0.29, 0.717) is 5.15 Å². The lowest BCUT2D eigenvalue weighted by Crippen LogP contribution is -1.79. The Morgan fingerprint density at radius 2 is 2.27 bits per heavy atom. The number of fused-ring (bicyclic) bond motifs is 1. The molecule has 0 aliphatic rings. The Bertz CT molecular complexity index is 398. The van der Waals surface area contributed by atoms with Gasteiger partial charge in [-0.15, -0.1) is 0 Å². The molecule has 3 nitrogen and oxygen atoms in total. The van der Waals surface area contributed by atoms with Gasteiger partial charge in [0.2, 0.25) is 0 Å². The molecule has 0 saturated heterocycles. The van der Waals surface area contributed by atoms with Crippen molar-refractivity contribution < 1.29 is 0 Å². The molecule has 0 unspecified atom stereocenters. The van der Waals surface area contributed by atoms with Crippen molar-refractivity contribution in [2.75, 3.05) is 0 Å². The van der Waals surface area contributed by atoms with Crippen molar-refractivity contribution in [1.82, 2.24) is 15.0 Å². The maximum Gasteiger partial charge on any atom is 0.156 e. The maximum atomic E-state index is 5.77. The third-order valence-corrected chi connectivity index (χ3v) is 2.05. The van der Waals surface area contributed by atoms with Gasteiger partial charge in [-0.1, -0.05) is 11.6 Å². The van der Waals surface area contributed by atoms with E-state index in [0.717, 1.165) is 15.6 Å². The van der Waals surface area contributed by atoms with Gasteiger partial charge in [0.25, 0.3) is 0 Å². The third-order valence-electron chi connectivity index (χ3n) is 1.34. The van der Waals surface area contributed by atoms with E-state index in [1.54, 1.807) is 0 Å². The lowest BCUT2D eigenvalue weighted by Gasteiger charge is -1.88. The average molecular weight is 232 g/mol. The second-order valence-electron chi connectivity index (χ2n) is 2.04. The molecule has 2 heterocycles. The van der Waals surface area contributed by atoms with Crippen LogP contribution in [0.25, 0.3) is 11.0 Å². The maximum absolute atomic E-state index is 5.77. The van der Waals surface area contributed by atoms with Crippen LogP contribution >= 0.6 is 27.5 Å². The molecule has 0 bridgehead atoms. The monoisotopic (exact) mass is 231 g/mol. The number of hydrogen-bond donors (Lipinski definition) is 1. The first-order chi connectivity index (χ1) is 5.27. The van der Waals surface area contributed by atoms with E-state index < -0.39 is 0 Å². The molecule has 0 atom stereocenters. The number of halogens is 2. The lowest BCUT2D eigenvalue weighted by atomic mass is 10.5. The molecule has 0 spiro atoms. The Balaban J connectivity index is 2.90. The lowest BCUT2D eigenvalue weighted by molar-refractivity contribution is 1.22. The molecular formula is C6H3BrClN3. The predicted molar refractivity (Wildman–Crippen MR) is 46.6 cm³/mol. The predicted octanol–water partition coefficient (Wildman–Crippen LogP) is 2.37. The molecule has 0 saturated carbocycles. The fraction of sp³-hybridized carbons (Fsp3) is 0. The molecule has 0 aliphatic heterocycles. The summed E-state index contributed by atoms with van der Waals surface area (Å²) in [5.74, 6) is 0. The molecule has 2 aromatic rings. The first kappa shape index (κ1) is 7.06. The van der Waals surface area contributed by atoms with Crippen molar-refractivity contribution >= 4 is 38.6 Å². The molecule has 11 heavy (non-hydrogen) atoms. The minimum absolute atomic E-state index is 0.445. The zero-order valence-corrected chi connectivity index (χ0v) is 7.65. The summed E-state index contributed by atoms with van der Waals surface area (Å²) in [5, 5.41) is 0.445. The molecule has 5 heteroatoms. The molecule has 0 aliphatic carbocycles. The number of aromatic nitrogens is 3. The van der Waals surface area contributed by atoms with Crippen molar-refractivity contribution in [3.63, 3.8) is 0 Å². The number of rotatable bonds is 0. The molecule has 0 amide bonds. The SMILES string of the molecule is Clc1ncnc2cc(Br)[nH]c12. The number of nitrogens with one attached hydrogen (secondary N) is 1. The van der Waals surface area contributed by atoms with Crippen LogP contribution in [0.3, 0.4) is 0 Å².